The summed E-state index contributed by atoms with van der Waals surface area (Å²) in [5, 5.41) is 3.67. The molecule has 0 aliphatic rings. The molecule has 0 spiro atoms. The van der Waals surface area contributed by atoms with Crippen LogP contribution < -0.4 is 9.62 Å². The van der Waals surface area contributed by atoms with Gasteiger partial charge in [0.05, 0.1) is 10.6 Å². The molecule has 0 fully saturated rings. The quantitative estimate of drug-likeness (QED) is 0.393. The fourth-order valence-corrected chi connectivity index (χ4v) is 5.45. The maximum Gasteiger partial charge on any atom is 0.264 e. The fourth-order valence-electron chi connectivity index (χ4n) is 3.52. The Kier molecular flexibility index (Phi) is 9.24. The van der Waals surface area contributed by atoms with Gasteiger partial charge in [-0.3, -0.25) is 13.9 Å². The van der Waals surface area contributed by atoms with Gasteiger partial charge in [0.15, 0.2) is 0 Å². The number of nitrogens with zero attached hydrogens (tertiary/aromatic N) is 2. The molecule has 0 saturated heterocycles. The number of nitrogens with one attached hydrogen (secondary N) is 1. The van der Waals surface area contributed by atoms with E-state index in [0.717, 1.165) is 4.31 Å². The number of rotatable bonds is 9. The zero-order valence-corrected chi connectivity index (χ0v) is 22.6. The van der Waals surface area contributed by atoms with E-state index in [4.69, 9.17) is 34.8 Å². The minimum absolute atomic E-state index is 0.0400. The molecule has 0 aliphatic carbocycles. The van der Waals surface area contributed by atoms with Crippen LogP contribution in [-0.4, -0.2) is 44.8 Å². The molecule has 0 aliphatic heterocycles. The van der Waals surface area contributed by atoms with Gasteiger partial charge in [-0.05, 0) is 67.1 Å². The molecule has 0 bridgehead atoms. The van der Waals surface area contributed by atoms with Gasteiger partial charge in [0.2, 0.25) is 11.8 Å². The zero-order chi connectivity index (χ0) is 26.5. The first-order valence-electron chi connectivity index (χ1n) is 10.8. The van der Waals surface area contributed by atoms with E-state index in [2.05, 4.69) is 5.32 Å². The lowest BCUT2D eigenvalue weighted by Gasteiger charge is -2.31. The first-order valence-corrected chi connectivity index (χ1v) is 13.4. The Morgan fingerprint density at radius 1 is 0.889 bits per heavy atom. The highest BCUT2D eigenvalue weighted by molar-refractivity contribution is 7.92. The normalized spacial score (nSPS) is 12.0. The molecule has 1 atom stereocenters. The van der Waals surface area contributed by atoms with Crippen LogP contribution in [0.15, 0.2) is 77.7 Å². The molecule has 0 saturated carbocycles. The lowest BCUT2D eigenvalue weighted by Crippen LogP contribution is -2.50. The Hall–Kier alpha value is -2.78. The van der Waals surface area contributed by atoms with Crippen LogP contribution in [0.2, 0.25) is 15.1 Å². The van der Waals surface area contributed by atoms with Gasteiger partial charge < -0.3 is 10.2 Å². The second-order valence-electron chi connectivity index (χ2n) is 7.89. The van der Waals surface area contributed by atoms with Crippen LogP contribution >= 0.6 is 34.8 Å². The molecule has 0 aromatic heterocycles. The number of anilines is 1. The minimum atomic E-state index is -4.20. The highest BCUT2D eigenvalue weighted by Gasteiger charge is 2.32. The number of halogens is 3. The number of hydrogen-bond donors (Lipinski definition) is 1. The molecule has 36 heavy (non-hydrogen) atoms. The first kappa shape index (κ1) is 27.8. The van der Waals surface area contributed by atoms with Gasteiger partial charge in [-0.2, -0.15) is 0 Å². The number of carbonyl (C=O) groups excluding carboxylic acids is 2. The molecule has 7 nitrogen and oxygen atoms in total. The van der Waals surface area contributed by atoms with E-state index in [9.17, 15) is 18.0 Å². The second-order valence-corrected chi connectivity index (χ2v) is 11.1. The van der Waals surface area contributed by atoms with Crippen LogP contribution in [0.5, 0.6) is 0 Å². The minimum Gasteiger partial charge on any atom is -0.357 e. The lowest BCUT2D eigenvalue weighted by molar-refractivity contribution is -0.139. The van der Waals surface area contributed by atoms with Crippen molar-refractivity contribution in [3.8, 4) is 0 Å². The molecule has 2 amide bonds. The Balaban J connectivity index is 2.03. The smallest absolute Gasteiger partial charge is 0.264 e. The third-order valence-electron chi connectivity index (χ3n) is 5.43. The summed E-state index contributed by atoms with van der Waals surface area (Å²) >= 11 is 18.2. The predicted molar refractivity (Wildman–Crippen MR) is 143 cm³/mol. The molecule has 3 aromatic carbocycles. The maximum atomic E-state index is 13.6. The van der Waals surface area contributed by atoms with Crippen LogP contribution in [-0.2, 0) is 26.2 Å². The number of benzene rings is 3. The Labute approximate surface area is 225 Å². The Morgan fingerprint density at radius 3 is 2.08 bits per heavy atom. The number of likely N-dealkylation sites (N-methyl/N-ethyl adjacent to an activating group) is 1. The fraction of sp³-hybridized carbons (Fsp3) is 0.200. The van der Waals surface area contributed by atoms with Crippen molar-refractivity contribution >= 4 is 62.3 Å². The number of sulfonamides is 1. The molecule has 0 unspecified atom stereocenters. The molecule has 0 heterocycles. The van der Waals surface area contributed by atoms with Crippen molar-refractivity contribution in [3.05, 3.63) is 93.4 Å². The number of hydrogen-bond acceptors (Lipinski definition) is 4. The van der Waals surface area contributed by atoms with E-state index in [-0.39, 0.29) is 17.1 Å². The van der Waals surface area contributed by atoms with Crippen molar-refractivity contribution in [2.24, 2.45) is 0 Å². The number of carbonyl (C=O) groups is 2. The molecule has 3 aromatic rings. The average molecular weight is 569 g/mol. The van der Waals surface area contributed by atoms with Crippen molar-refractivity contribution in [2.45, 2.75) is 24.4 Å². The van der Waals surface area contributed by atoms with Crippen molar-refractivity contribution in [1.29, 1.82) is 0 Å². The summed E-state index contributed by atoms with van der Waals surface area (Å²) < 4.78 is 28.3. The molecule has 11 heteroatoms. The molecular formula is C25H24Cl3N3O4S. The van der Waals surface area contributed by atoms with Gasteiger partial charge >= 0.3 is 0 Å². The largest absolute Gasteiger partial charge is 0.357 e. The Bertz CT molecular complexity index is 1350. The van der Waals surface area contributed by atoms with Crippen LogP contribution in [0.1, 0.15) is 12.5 Å². The maximum absolute atomic E-state index is 13.6. The van der Waals surface area contributed by atoms with Gasteiger partial charge in [-0.1, -0.05) is 53.0 Å². The summed E-state index contributed by atoms with van der Waals surface area (Å²) in [7, 11) is -2.74. The highest BCUT2D eigenvalue weighted by Crippen LogP contribution is 2.27. The van der Waals surface area contributed by atoms with Crippen molar-refractivity contribution in [3.63, 3.8) is 0 Å². The van der Waals surface area contributed by atoms with Gasteiger partial charge in [0, 0.05) is 28.7 Å². The van der Waals surface area contributed by atoms with Crippen LogP contribution in [0.25, 0.3) is 0 Å². The van der Waals surface area contributed by atoms with E-state index in [0.29, 0.717) is 20.6 Å². The lowest BCUT2D eigenvalue weighted by atomic mass is 10.1. The first-order chi connectivity index (χ1) is 17.0. The third kappa shape index (κ3) is 6.70. The molecule has 3 rings (SSSR count). The second kappa shape index (κ2) is 12.0. The SMILES string of the molecule is CNC(=O)[C@H](C)N(Cc1cccc(Cl)c1)C(=O)CN(c1cccc(Cl)c1)S(=O)(=O)c1ccc(Cl)cc1. The molecular weight excluding hydrogens is 545 g/mol. The van der Waals surface area contributed by atoms with Crippen molar-refractivity contribution in [1.82, 2.24) is 10.2 Å². The monoisotopic (exact) mass is 567 g/mol. The zero-order valence-electron chi connectivity index (χ0n) is 19.5. The van der Waals surface area contributed by atoms with Crippen molar-refractivity contribution in [2.75, 3.05) is 17.9 Å². The van der Waals surface area contributed by atoms with E-state index in [1.165, 1.54) is 48.3 Å². The van der Waals surface area contributed by atoms with Crippen LogP contribution in [0.4, 0.5) is 5.69 Å². The van der Waals surface area contributed by atoms with Gasteiger partial charge in [-0.25, -0.2) is 8.42 Å². The highest BCUT2D eigenvalue weighted by atomic mass is 35.5. The van der Waals surface area contributed by atoms with Crippen molar-refractivity contribution < 1.29 is 18.0 Å². The van der Waals surface area contributed by atoms with E-state index in [1.54, 1.807) is 43.3 Å². The standard InChI is InChI=1S/C25H24Cl3N3O4S/c1-17(25(33)29-2)30(15-18-5-3-6-20(27)13-18)24(32)16-31(22-8-4-7-21(28)14-22)36(34,35)23-11-9-19(26)10-12-23/h3-14,17H,15-16H2,1-2H3,(H,29,33)/t17-/m0/s1. The van der Waals surface area contributed by atoms with E-state index >= 15 is 0 Å². The topological polar surface area (TPSA) is 86.8 Å². The Morgan fingerprint density at radius 2 is 1.50 bits per heavy atom. The summed E-state index contributed by atoms with van der Waals surface area (Å²) in [6.45, 7) is 1.03. The van der Waals surface area contributed by atoms with Crippen LogP contribution in [0.3, 0.4) is 0 Å². The van der Waals surface area contributed by atoms with Crippen LogP contribution in [0, 0.1) is 0 Å². The summed E-state index contributed by atoms with van der Waals surface area (Å²) in [6, 6.07) is 17.8. The van der Waals surface area contributed by atoms with Gasteiger partial charge in [0.25, 0.3) is 10.0 Å². The summed E-state index contributed by atoms with van der Waals surface area (Å²) in [6.07, 6.45) is 0. The van der Waals surface area contributed by atoms with Gasteiger partial charge in [0.1, 0.15) is 12.6 Å². The summed E-state index contributed by atoms with van der Waals surface area (Å²) in [5.74, 6) is -0.996. The predicted octanol–water partition coefficient (Wildman–Crippen LogP) is 5.01. The molecule has 190 valence electrons. The third-order valence-corrected chi connectivity index (χ3v) is 7.94. The molecule has 1 N–H and O–H groups in total. The summed E-state index contributed by atoms with van der Waals surface area (Å²) in [4.78, 5) is 27.4. The molecule has 0 radical (unpaired) electrons. The van der Waals surface area contributed by atoms with E-state index in [1.807, 2.05) is 0 Å². The average Bonchev–Trinajstić information content (AvgIpc) is 2.85. The van der Waals surface area contributed by atoms with Gasteiger partial charge in [-0.15, -0.1) is 0 Å². The summed E-state index contributed by atoms with van der Waals surface area (Å²) in [5.41, 5.74) is 0.877. The number of amides is 2. The van der Waals surface area contributed by atoms with E-state index < -0.39 is 34.4 Å².